The summed E-state index contributed by atoms with van der Waals surface area (Å²) in [6.07, 6.45) is -0.952. The highest BCUT2D eigenvalue weighted by molar-refractivity contribution is 7.14. The molecule has 2 aromatic carbocycles. The molecule has 138 valence electrons. The number of ether oxygens (including phenoxy) is 1. The zero-order chi connectivity index (χ0) is 19.2. The Kier molecular flexibility index (Phi) is 5.83. The van der Waals surface area contributed by atoms with Crippen molar-refractivity contribution in [3.63, 3.8) is 0 Å². The van der Waals surface area contributed by atoms with Crippen LogP contribution in [0.3, 0.4) is 0 Å². The van der Waals surface area contributed by atoms with Gasteiger partial charge in [-0.15, -0.1) is 11.3 Å². The molecule has 0 bridgehead atoms. The van der Waals surface area contributed by atoms with Crippen LogP contribution in [0.5, 0.6) is 0 Å². The number of carbonyl (C=O) groups is 2. The molecule has 1 amide bonds. The van der Waals surface area contributed by atoms with Crippen molar-refractivity contribution < 1.29 is 14.3 Å². The van der Waals surface area contributed by atoms with Crippen LogP contribution in [-0.4, -0.2) is 30.0 Å². The van der Waals surface area contributed by atoms with E-state index in [4.69, 9.17) is 4.74 Å². The molecule has 0 spiro atoms. The van der Waals surface area contributed by atoms with E-state index >= 15 is 0 Å². The second-order valence-corrected chi connectivity index (χ2v) is 6.59. The second-order valence-electron chi connectivity index (χ2n) is 5.74. The summed E-state index contributed by atoms with van der Waals surface area (Å²) in [7, 11) is 1.72. The Bertz CT molecular complexity index is 940. The van der Waals surface area contributed by atoms with Gasteiger partial charge in [0, 0.05) is 23.7 Å². The Morgan fingerprint density at radius 3 is 2.52 bits per heavy atom. The maximum Gasteiger partial charge on any atom is 0.341 e. The molecule has 1 aromatic heterocycles. The molecule has 0 aliphatic rings. The van der Waals surface area contributed by atoms with Crippen LogP contribution in [0.1, 0.15) is 17.3 Å². The van der Waals surface area contributed by atoms with Crippen LogP contribution in [0.4, 0.5) is 10.8 Å². The number of hydrogen-bond donors (Lipinski definition) is 2. The number of esters is 1. The van der Waals surface area contributed by atoms with Crippen molar-refractivity contribution in [1.29, 1.82) is 0 Å². The zero-order valence-corrected chi connectivity index (χ0v) is 15.7. The molecule has 0 aliphatic heterocycles. The lowest BCUT2D eigenvalue weighted by Gasteiger charge is -2.14. The highest BCUT2D eigenvalue weighted by Gasteiger charge is 2.21. The van der Waals surface area contributed by atoms with Crippen molar-refractivity contribution in [2.45, 2.75) is 13.0 Å². The van der Waals surface area contributed by atoms with Crippen LogP contribution < -0.4 is 10.6 Å². The normalized spacial score (nSPS) is 11.5. The van der Waals surface area contributed by atoms with E-state index in [9.17, 15) is 9.59 Å². The number of amides is 1. The number of carbonyl (C=O) groups excluding carboxylic acids is 2. The molecular formula is C20H19N3O3S. The summed E-state index contributed by atoms with van der Waals surface area (Å²) >= 11 is 1.32. The van der Waals surface area contributed by atoms with Gasteiger partial charge in [0.1, 0.15) is 0 Å². The van der Waals surface area contributed by atoms with E-state index in [1.165, 1.54) is 18.3 Å². The Morgan fingerprint density at radius 2 is 1.78 bits per heavy atom. The van der Waals surface area contributed by atoms with Gasteiger partial charge in [-0.2, -0.15) is 0 Å². The average molecular weight is 381 g/mol. The van der Waals surface area contributed by atoms with Crippen LogP contribution in [-0.2, 0) is 9.53 Å². The summed E-state index contributed by atoms with van der Waals surface area (Å²) in [6, 6.07) is 16.6. The lowest BCUT2D eigenvalue weighted by Crippen LogP contribution is -2.30. The van der Waals surface area contributed by atoms with Gasteiger partial charge in [0.25, 0.3) is 5.91 Å². The number of thiazole rings is 1. The Morgan fingerprint density at radius 1 is 1.07 bits per heavy atom. The van der Waals surface area contributed by atoms with Gasteiger partial charge >= 0.3 is 5.97 Å². The van der Waals surface area contributed by atoms with Gasteiger partial charge in [0.05, 0.1) is 11.3 Å². The smallest absolute Gasteiger partial charge is 0.341 e. The summed E-state index contributed by atoms with van der Waals surface area (Å²) in [5.74, 6) is -0.994. The predicted molar refractivity (Wildman–Crippen MR) is 107 cm³/mol. The maximum atomic E-state index is 12.3. The number of anilines is 2. The first-order chi connectivity index (χ1) is 13.1. The van der Waals surface area contributed by atoms with Crippen molar-refractivity contribution in [1.82, 2.24) is 4.98 Å². The minimum absolute atomic E-state index is 0.375. The largest absolute Gasteiger partial charge is 0.449 e. The molecule has 0 aliphatic carbocycles. The minimum Gasteiger partial charge on any atom is -0.449 e. The molecule has 0 saturated carbocycles. The molecule has 0 fully saturated rings. The monoisotopic (exact) mass is 381 g/mol. The molecule has 0 saturated heterocycles. The van der Waals surface area contributed by atoms with Crippen LogP contribution in [0, 0.1) is 0 Å². The molecular weight excluding hydrogens is 362 g/mol. The molecule has 1 heterocycles. The second kappa shape index (κ2) is 8.46. The molecule has 0 unspecified atom stereocenters. The average Bonchev–Trinajstić information content (AvgIpc) is 3.17. The van der Waals surface area contributed by atoms with Crippen molar-refractivity contribution in [3.05, 3.63) is 65.5 Å². The minimum atomic E-state index is -0.952. The molecule has 0 radical (unpaired) electrons. The van der Waals surface area contributed by atoms with Crippen LogP contribution in [0.2, 0.25) is 0 Å². The van der Waals surface area contributed by atoms with Crippen LogP contribution >= 0.6 is 11.3 Å². The lowest BCUT2D eigenvalue weighted by atomic mass is 10.2. The Balaban J connectivity index is 1.63. The van der Waals surface area contributed by atoms with Gasteiger partial charge in [-0.3, -0.25) is 10.1 Å². The fourth-order valence-corrected chi connectivity index (χ4v) is 3.16. The van der Waals surface area contributed by atoms with E-state index in [-0.39, 0.29) is 0 Å². The third-order valence-corrected chi connectivity index (χ3v) is 4.63. The third-order valence-electron chi connectivity index (χ3n) is 3.87. The van der Waals surface area contributed by atoms with E-state index in [0.717, 1.165) is 11.3 Å². The molecule has 1 atom stereocenters. The molecule has 27 heavy (non-hydrogen) atoms. The van der Waals surface area contributed by atoms with Gasteiger partial charge in [-0.05, 0) is 19.1 Å². The summed E-state index contributed by atoms with van der Waals surface area (Å²) in [4.78, 5) is 29.1. The van der Waals surface area contributed by atoms with Crippen LogP contribution in [0.15, 0.2) is 60.0 Å². The number of nitrogens with one attached hydrogen (secondary N) is 2. The van der Waals surface area contributed by atoms with Crippen molar-refractivity contribution in [2.75, 3.05) is 17.7 Å². The number of rotatable bonds is 6. The van der Waals surface area contributed by atoms with Crippen molar-refractivity contribution in [3.8, 4) is 11.3 Å². The van der Waals surface area contributed by atoms with E-state index in [1.54, 1.807) is 25.2 Å². The molecule has 3 rings (SSSR count). The number of aromatic nitrogens is 1. The van der Waals surface area contributed by atoms with Crippen molar-refractivity contribution >= 4 is 34.0 Å². The topological polar surface area (TPSA) is 80.3 Å². The lowest BCUT2D eigenvalue weighted by molar-refractivity contribution is -0.123. The Hall–Kier alpha value is -3.19. The Labute approximate surface area is 161 Å². The van der Waals surface area contributed by atoms with Crippen LogP contribution in [0.25, 0.3) is 11.3 Å². The highest BCUT2D eigenvalue weighted by atomic mass is 32.1. The fraction of sp³-hybridized carbons (Fsp3) is 0.150. The molecule has 3 aromatic rings. The fourth-order valence-electron chi connectivity index (χ4n) is 2.44. The van der Waals surface area contributed by atoms with Gasteiger partial charge in [0.15, 0.2) is 11.2 Å². The number of nitrogens with zero attached hydrogens (tertiary/aromatic N) is 1. The van der Waals surface area contributed by atoms with Gasteiger partial charge < -0.3 is 10.1 Å². The first-order valence-electron chi connectivity index (χ1n) is 8.38. The molecule has 7 heteroatoms. The van der Waals surface area contributed by atoms with Crippen molar-refractivity contribution in [2.24, 2.45) is 0 Å². The van der Waals surface area contributed by atoms with E-state index in [2.05, 4.69) is 15.6 Å². The third kappa shape index (κ3) is 4.51. The molecule has 2 N–H and O–H groups in total. The van der Waals surface area contributed by atoms with Gasteiger partial charge in [-0.25, -0.2) is 9.78 Å². The van der Waals surface area contributed by atoms with Gasteiger partial charge in [0.2, 0.25) is 0 Å². The summed E-state index contributed by atoms with van der Waals surface area (Å²) in [5, 5.41) is 7.94. The summed E-state index contributed by atoms with van der Waals surface area (Å²) < 4.78 is 5.29. The number of benzene rings is 2. The predicted octanol–water partition coefficient (Wildman–Crippen LogP) is 4.04. The number of hydrogen-bond acceptors (Lipinski definition) is 6. The molecule has 6 nitrogen and oxygen atoms in total. The standard InChI is InChI=1S/C20H19N3O3S/c1-13(26-19(25)15-10-6-7-11-16(15)21-2)18(24)23-20-22-17(12-27-20)14-8-4-3-5-9-14/h3-13,21H,1-2H3,(H,22,23,24)/t13-/m1/s1. The van der Waals surface area contributed by atoms with Gasteiger partial charge in [-0.1, -0.05) is 42.5 Å². The quantitative estimate of drug-likeness (QED) is 0.630. The SMILES string of the molecule is CNc1ccccc1C(=O)O[C@H](C)C(=O)Nc1nc(-c2ccccc2)cs1. The summed E-state index contributed by atoms with van der Waals surface area (Å²) in [5.41, 5.74) is 2.77. The highest BCUT2D eigenvalue weighted by Crippen LogP contribution is 2.25. The maximum absolute atomic E-state index is 12.3. The summed E-state index contributed by atoms with van der Waals surface area (Å²) in [6.45, 7) is 1.53. The van der Waals surface area contributed by atoms with E-state index < -0.39 is 18.0 Å². The zero-order valence-electron chi connectivity index (χ0n) is 14.9. The number of para-hydroxylation sites is 1. The van der Waals surface area contributed by atoms with E-state index in [1.807, 2.05) is 41.8 Å². The first kappa shape index (κ1) is 18.6. The van der Waals surface area contributed by atoms with E-state index in [0.29, 0.717) is 16.4 Å². The first-order valence-corrected chi connectivity index (χ1v) is 9.26.